The van der Waals surface area contributed by atoms with Crippen LogP contribution in [0.5, 0.6) is 5.75 Å². The highest BCUT2D eigenvalue weighted by molar-refractivity contribution is 5.78. The molecule has 1 aliphatic heterocycles. The first-order valence-electron chi connectivity index (χ1n) is 9.83. The highest BCUT2D eigenvalue weighted by Crippen LogP contribution is 2.22. The van der Waals surface area contributed by atoms with Gasteiger partial charge in [0, 0.05) is 19.0 Å². The molecule has 0 aliphatic carbocycles. The molecule has 2 aromatic carbocycles. The Morgan fingerprint density at radius 3 is 2.41 bits per heavy atom. The van der Waals surface area contributed by atoms with Crippen LogP contribution in [0.4, 0.5) is 0 Å². The van der Waals surface area contributed by atoms with E-state index in [9.17, 15) is 4.79 Å². The minimum Gasteiger partial charge on any atom is -0.497 e. The summed E-state index contributed by atoms with van der Waals surface area (Å²) in [5.74, 6) is 1.67. The number of ether oxygens (including phenoxy) is 1. The fourth-order valence-corrected chi connectivity index (χ4v) is 3.73. The van der Waals surface area contributed by atoms with Gasteiger partial charge in [0.1, 0.15) is 5.75 Å². The number of benzene rings is 2. The molecule has 0 radical (unpaired) electrons. The van der Waals surface area contributed by atoms with E-state index in [0.717, 1.165) is 43.8 Å². The molecule has 0 spiro atoms. The molecule has 1 saturated heterocycles. The molecule has 3 rings (SSSR count). The molecule has 0 bridgehead atoms. The molecule has 1 unspecified atom stereocenters. The Kier molecular flexibility index (Phi) is 6.88. The van der Waals surface area contributed by atoms with Gasteiger partial charge in [0.2, 0.25) is 5.91 Å². The van der Waals surface area contributed by atoms with Gasteiger partial charge in [-0.25, -0.2) is 0 Å². The van der Waals surface area contributed by atoms with Gasteiger partial charge >= 0.3 is 0 Å². The summed E-state index contributed by atoms with van der Waals surface area (Å²) in [6.45, 7) is 5.91. The van der Waals surface area contributed by atoms with Crippen LogP contribution < -0.4 is 10.1 Å². The zero-order valence-electron chi connectivity index (χ0n) is 16.4. The van der Waals surface area contributed by atoms with Crippen molar-refractivity contribution in [1.82, 2.24) is 10.2 Å². The SMILES string of the molecule is COc1ccc(CNC(=O)C2CCN(CC(C)c3ccccc3)CC2)cc1. The van der Waals surface area contributed by atoms with Crippen molar-refractivity contribution >= 4 is 5.91 Å². The molecule has 144 valence electrons. The van der Waals surface area contributed by atoms with Crippen LogP contribution in [0, 0.1) is 5.92 Å². The van der Waals surface area contributed by atoms with E-state index in [-0.39, 0.29) is 11.8 Å². The smallest absolute Gasteiger partial charge is 0.223 e. The Hall–Kier alpha value is -2.33. The number of nitrogens with one attached hydrogen (secondary N) is 1. The quantitative estimate of drug-likeness (QED) is 0.810. The van der Waals surface area contributed by atoms with E-state index in [4.69, 9.17) is 4.74 Å². The van der Waals surface area contributed by atoms with Gasteiger partial charge in [-0.1, -0.05) is 49.4 Å². The summed E-state index contributed by atoms with van der Waals surface area (Å²) >= 11 is 0. The zero-order valence-corrected chi connectivity index (χ0v) is 16.4. The van der Waals surface area contributed by atoms with Crippen molar-refractivity contribution in [1.29, 1.82) is 0 Å². The Balaban J connectivity index is 1.41. The monoisotopic (exact) mass is 366 g/mol. The Morgan fingerprint density at radius 1 is 1.11 bits per heavy atom. The Bertz CT molecular complexity index is 707. The summed E-state index contributed by atoms with van der Waals surface area (Å²) in [4.78, 5) is 15.0. The van der Waals surface area contributed by atoms with Gasteiger partial charge in [0.25, 0.3) is 0 Å². The molecule has 4 heteroatoms. The number of piperidine rings is 1. The standard InChI is InChI=1S/C23H30N2O2/c1-18(20-6-4-3-5-7-20)17-25-14-12-21(13-15-25)23(26)24-16-19-8-10-22(27-2)11-9-19/h3-11,18,21H,12-17H2,1-2H3,(H,24,26). The van der Waals surface area contributed by atoms with E-state index in [2.05, 4.69) is 47.5 Å². The lowest BCUT2D eigenvalue weighted by Gasteiger charge is -2.33. The number of amides is 1. The number of hydrogen-bond donors (Lipinski definition) is 1. The van der Waals surface area contributed by atoms with Crippen molar-refractivity contribution < 1.29 is 9.53 Å². The van der Waals surface area contributed by atoms with Crippen molar-refractivity contribution in [2.75, 3.05) is 26.7 Å². The van der Waals surface area contributed by atoms with E-state index in [1.54, 1.807) is 7.11 Å². The van der Waals surface area contributed by atoms with E-state index in [1.807, 2.05) is 24.3 Å². The topological polar surface area (TPSA) is 41.6 Å². The lowest BCUT2D eigenvalue weighted by Crippen LogP contribution is -2.41. The summed E-state index contributed by atoms with van der Waals surface area (Å²) in [5.41, 5.74) is 2.48. The second-order valence-electron chi connectivity index (χ2n) is 7.45. The first-order valence-corrected chi connectivity index (χ1v) is 9.83. The number of carbonyl (C=O) groups excluding carboxylic acids is 1. The molecular formula is C23H30N2O2. The number of carbonyl (C=O) groups is 1. The van der Waals surface area contributed by atoms with Crippen molar-refractivity contribution in [3.8, 4) is 5.75 Å². The van der Waals surface area contributed by atoms with Crippen LogP contribution in [0.25, 0.3) is 0 Å². The molecule has 4 nitrogen and oxygen atoms in total. The predicted octanol–water partition coefficient (Wildman–Crippen LogP) is 3.83. The lowest BCUT2D eigenvalue weighted by molar-refractivity contribution is -0.126. The molecule has 2 aromatic rings. The third kappa shape index (κ3) is 5.57. The van der Waals surface area contributed by atoms with E-state index in [0.29, 0.717) is 12.5 Å². The van der Waals surface area contributed by atoms with Gasteiger partial charge in [0.15, 0.2) is 0 Å². The molecule has 1 fully saturated rings. The first-order chi connectivity index (χ1) is 13.2. The summed E-state index contributed by atoms with van der Waals surface area (Å²) in [5, 5.41) is 3.09. The fraction of sp³-hybridized carbons (Fsp3) is 0.435. The number of rotatable bonds is 7. The first kappa shape index (κ1) is 19.4. The van der Waals surface area contributed by atoms with Gasteiger partial charge in [-0.05, 0) is 55.1 Å². The van der Waals surface area contributed by atoms with E-state index in [1.165, 1.54) is 5.56 Å². The van der Waals surface area contributed by atoms with Crippen LogP contribution in [-0.4, -0.2) is 37.6 Å². The minimum atomic E-state index is 0.131. The highest BCUT2D eigenvalue weighted by atomic mass is 16.5. The second kappa shape index (κ2) is 9.56. The third-order valence-corrected chi connectivity index (χ3v) is 5.48. The van der Waals surface area contributed by atoms with Crippen molar-refractivity contribution in [3.63, 3.8) is 0 Å². The van der Waals surface area contributed by atoms with Gasteiger partial charge in [0.05, 0.1) is 7.11 Å². The van der Waals surface area contributed by atoms with Gasteiger partial charge < -0.3 is 15.0 Å². The van der Waals surface area contributed by atoms with Crippen LogP contribution in [0.3, 0.4) is 0 Å². The maximum absolute atomic E-state index is 12.5. The number of hydrogen-bond acceptors (Lipinski definition) is 3. The van der Waals surface area contributed by atoms with Crippen molar-refractivity contribution in [2.45, 2.75) is 32.2 Å². The number of nitrogens with zero attached hydrogens (tertiary/aromatic N) is 1. The molecule has 1 aliphatic rings. The summed E-state index contributed by atoms with van der Waals surface area (Å²) in [7, 11) is 1.66. The van der Waals surface area contributed by atoms with Crippen LogP contribution in [-0.2, 0) is 11.3 Å². The minimum absolute atomic E-state index is 0.131. The van der Waals surface area contributed by atoms with E-state index < -0.39 is 0 Å². The van der Waals surface area contributed by atoms with Crippen LogP contribution >= 0.6 is 0 Å². The molecule has 0 saturated carbocycles. The summed E-state index contributed by atoms with van der Waals surface area (Å²) in [6, 6.07) is 18.5. The number of likely N-dealkylation sites (tertiary alicyclic amines) is 1. The average Bonchev–Trinajstić information content (AvgIpc) is 2.73. The lowest BCUT2D eigenvalue weighted by atomic mass is 9.94. The predicted molar refractivity (Wildman–Crippen MR) is 109 cm³/mol. The average molecular weight is 367 g/mol. The molecule has 0 aromatic heterocycles. The normalized spacial score (nSPS) is 16.7. The maximum atomic E-state index is 12.5. The maximum Gasteiger partial charge on any atom is 0.223 e. The summed E-state index contributed by atoms with van der Waals surface area (Å²) < 4.78 is 5.16. The van der Waals surface area contributed by atoms with Gasteiger partial charge in [-0.3, -0.25) is 4.79 Å². The largest absolute Gasteiger partial charge is 0.497 e. The third-order valence-electron chi connectivity index (χ3n) is 5.48. The molecule has 1 N–H and O–H groups in total. The van der Waals surface area contributed by atoms with Crippen LogP contribution in [0.2, 0.25) is 0 Å². The van der Waals surface area contributed by atoms with Crippen LogP contribution in [0.15, 0.2) is 54.6 Å². The van der Waals surface area contributed by atoms with Crippen molar-refractivity contribution in [3.05, 3.63) is 65.7 Å². The Morgan fingerprint density at radius 2 is 1.78 bits per heavy atom. The fourth-order valence-electron chi connectivity index (χ4n) is 3.73. The molecule has 1 atom stereocenters. The van der Waals surface area contributed by atoms with Gasteiger partial charge in [-0.2, -0.15) is 0 Å². The van der Waals surface area contributed by atoms with E-state index >= 15 is 0 Å². The zero-order chi connectivity index (χ0) is 19.1. The highest BCUT2D eigenvalue weighted by Gasteiger charge is 2.25. The van der Waals surface area contributed by atoms with Gasteiger partial charge in [-0.15, -0.1) is 0 Å². The molecule has 27 heavy (non-hydrogen) atoms. The van der Waals surface area contributed by atoms with Crippen LogP contribution in [0.1, 0.15) is 36.8 Å². The number of methoxy groups -OCH3 is 1. The molecule has 1 heterocycles. The second-order valence-corrected chi connectivity index (χ2v) is 7.45. The Labute approximate surface area is 162 Å². The molecular weight excluding hydrogens is 336 g/mol. The van der Waals surface area contributed by atoms with Crippen molar-refractivity contribution in [2.24, 2.45) is 5.92 Å². The summed E-state index contributed by atoms with van der Waals surface area (Å²) in [6.07, 6.45) is 1.88. The molecule has 1 amide bonds.